The number of halogens is 1. The van der Waals surface area contributed by atoms with Crippen molar-refractivity contribution in [1.82, 2.24) is 30.1 Å². The molecule has 0 saturated carbocycles. The van der Waals surface area contributed by atoms with Crippen molar-refractivity contribution in [3.63, 3.8) is 0 Å². The standard InChI is InChI=1S/C48H48FN9O8S/c1-48(2,66-54(3)27-51-36-6-4-5-33-40(36)46(65)58(45(33)64)37-14-16-39(60)52-42(37)61)26-55-18-20-56(21-19-55)32-12-9-28(10-13-32)29-7-8-30-25-57(44(63)34(30)23-29)41(35-24-31(49)11-15-38(35)59)43(62)53-47-50-17-22-67-47/h4-13,15,17,22-24,37,41,51,59H,14,16,18-21,25-27H2,1-3H3,(H,50,53,62)(H,52,60,61). The summed E-state index contributed by atoms with van der Waals surface area (Å²) < 4.78 is 14.5. The van der Waals surface area contributed by atoms with Gasteiger partial charge in [-0.15, -0.1) is 11.3 Å². The summed E-state index contributed by atoms with van der Waals surface area (Å²) in [7, 11) is 1.78. The van der Waals surface area contributed by atoms with Gasteiger partial charge in [-0.2, -0.15) is 5.06 Å². The molecule has 4 aliphatic heterocycles. The van der Waals surface area contributed by atoms with Gasteiger partial charge in [0.2, 0.25) is 11.8 Å². The molecule has 1 aromatic heterocycles. The predicted octanol–water partition coefficient (Wildman–Crippen LogP) is 5.23. The molecular formula is C48H48FN9O8S. The number of piperazine rings is 1. The molecule has 4 N–H and O–H groups in total. The number of phenolic OH excluding ortho intramolecular Hbond substituents is 1. The number of carbonyl (C=O) groups is 6. The maximum atomic E-state index is 14.5. The molecule has 4 aliphatic rings. The Balaban J connectivity index is 0.780. The largest absolute Gasteiger partial charge is 0.508 e. The first-order chi connectivity index (χ1) is 32.1. The Hall–Kier alpha value is -7.06. The number of nitrogens with one attached hydrogen (secondary N) is 3. The zero-order valence-electron chi connectivity index (χ0n) is 37.0. The van der Waals surface area contributed by atoms with Crippen LogP contribution < -0.4 is 20.9 Å². The third kappa shape index (κ3) is 9.22. The number of fused-ring (bicyclic) bond motifs is 2. The minimum atomic E-state index is -1.32. The maximum absolute atomic E-state index is 14.5. The number of carbonyl (C=O) groups excluding carboxylic acids is 6. The Labute approximate surface area is 389 Å². The highest BCUT2D eigenvalue weighted by molar-refractivity contribution is 7.13. The van der Waals surface area contributed by atoms with E-state index in [2.05, 4.69) is 42.9 Å². The number of benzene rings is 4. The Kier molecular flexibility index (Phi) is 12.3. The first-order valence-corrected chi connectivity index (χ1v) is 22.7. The van der Waals surface area contributed by atoms with Gasteiger partial charge < -0.3 is 20.2 Å². The first-order valence-electron chi connectivity index (χ1n) is 21.8. The van der Waals surface area contributed by atoms with Crippen LogP contribution in [-0.2, 0) is 25.8 Å². The summed E-state index contributed by atoms with van der Waals surface area (Å²) >= 11 is 1.20. The Bertz CT molecular complexity index is 2780. The van der Waals surface area contributed by atoms with Crippen LogP contribution in [0.25, 0.3) is 11.1 Å². The molecule has 0 aliphatic carbocycles. The highest BCUT2D eigenvalue weighted by Gasteiger charge is 2.46. The lowest BCUT2D eigenvalue weighted by molar-refractivity contribution is -0.222. The number of hydrogen-bond acceptors (Lipinski definition) is 14. The second kappa shape index (κ2) is 18.3. The monoisotopic (exact) mass is 929 g/mol. The second-order valence-electron chi connectivity index (χ2n) is 17.5. The Morgan fingerprint density at radius 3 is 2.45 bits per heavy atom. The quantitative estimate of drug-likeness (QED) is 0.0643. The van der Waals surface area contributed by atoms with Crippen LogP contribution in [0.1, 0.15) is 74.9 Å². The van der Waals surface area contributed by atoms with Crippen molar-refractivity contribution in [2.24, 2.45) is 0 Å². The number of phenols is 1. The number of hydroxylamine groups is 2. The van der Waals surface area contributed by atoms with Gasteiger partial charge >= 0.3 is 0 Å². The highest BCUT2D eigenvalue weighted by Crippen LogP contribution is 2.39. The van der Waals surface area contributed by atoms with Crippen LogP contribution in [-0.4, -0.2) is 123 Å². The minimum Gasteiger partial charge on any atom is -0.508 e. The van der Waals surface area contributed by atoms with E-state index in [-0.39, 0.29) is 48.5 Å². The summed E-state index contributed by atoms with van der Waals surface area (Å²) in [6, 6.07) is 19.6. The number of imide groups is 2. The van der Waals surface area contributed by atoms with Crippen molar-refractivity contribution >= 4 is 63.3 Å². The number of anilines is 3. The van der Waals surface area contributed by atoms with Crippen LogP contribution in [0.5, 0.6) is 5.75 Å². The molecule has 17 nitrogen and oxygen atoms in total. The molecular weight excluding hydrogens is 882 g/mol. The normalized spacial score (nSPS) is 18.1. The van der Waals surface area contributed by atoms with Crippen molar-refractivity contribution in [3.05, 3.63) is 124 Å². The number of rotatable bonds is 14. The lowest BCUT2D eigenvalue weighted by Gasteiger charge is -2.40. The molecule has 2 unspecified atom stereocenters. The number of thiazole rings is 1. The molecule has 19 heteroatoms. The van der Waals surface area contributed by atoms with Crippen LogP contribution in [0.3, 0.4) is 0 Å². The number of amides is 6. The number of hydrogen-bond donors (Lipinski definition) is 4. The number of piperidine rings is 1. The molecule has 5 aromatic rings. The van der Waals surface area contributed by atoms with Gasteiger partial charge in [0.05, 0.1) is 23.4 Å². The maximum Gasteiger partial charge on any atom is 0.264 e. The second-order valence-corrected chi connectivity index (χ2v) is 18.4. The van der Waals surface area contributed by atoms with Crippen LogP contribution in [0.4, 0.5) is 20.9 Å². The summed E-state index contributed by atoms with van der Waals surface area (Å²) in [5.41, 5.74) is 4.09. The molecule has 2 fully saturated rings. The van der Waals surface area contributed by atoms with Gasteiger partial charge in [-0.25, -0.2) is 9.37 Å². The SMILES string of the molecule is CN(CNc1cccc2c1C(=O)N(C1CCC(=O)NC1=O)C2=O)OC(C)(C)CN1CCN(c2ccc(-c3ccc4c(c3)C(=O)N(C(C(=O)Nc3nccs3)c3cc(F)ccc3O)C4)cc2)CC1. The lowest BCUT2D eigenvalue weighted by atomic mass is 10.00. The third-order valence-electron chi connectivity index (χ3n) is 12.4. The van der Waals surface area contributed by atoms with Gasteiger partial charge in [0, 0.05) is 86.8 Å². The number of aromatic nitrogens is 1. The molecule has 9 rings (SSSR count). The fourth-order valence-electron chi connectivity index (χ4n) is 9.27. The van der Waals surface area contributed by atoms with Gasteiger partial charge in [0.15, 0.2) is 5.13 Å². The molecule has 6 amide bonds. The first kappa shape index (κ1) is 45.1. The van der Waals surface area contributed by atoms with Gasteiger partial charge in [0.1, 0.15) is 23.7 Å². The van der Waals surface area contributed by atoms with Gasteiger partial charge in [-0.1, -0.05) is 30.3 Å². The molecule has 2 atom stereocenters. The zero-order valence-corrected chi connectivity index (χ0v) is 37.8. The smallest absolute Gasteiger partial charge is 0.264 e. The Morgan fingerprint density at radius 1 is 0.955 bits per heavy atom. The Morgan fingerprint density at radius 2 is 1.72 bits per heavy atom. The van der Waals surface area contributed by atoms with E-state index in [9.17, 15) is 38.3 Å². The molecule has 67 heavy (non-hydrogen) atoms. The van der Waals surface area contributed by atoms with E-state index in [1.807, 2.05) is 38.1 Å². The van der Waals surface area contributed by atoms with E-state index in [0.717, 1.165) is 60.0 Å². The van der Waals surface area contributed by atoms with Crippen molar-refractivity contribution in [2.45, 2.75) is 50.9 Å². The van der Waals surface area contributed by atoms with E-state index < -0.39 is 58.9 Å². The summed E-state index contributed by atoms with van der Waals surface area (Å²) in [5.74, 6) is -4.25. The van der Waals surface area contributed by atoms with Gasteiger partial charge in [-0.05, 0) is 85.5 Å². The third-order valence-corrected chi connectivity index (χ3v) is 13.0. The predicted molar refractivity (Wildman–Crippen MR) is 246 cm³/mol. The topological polar surface area (TPSA) is 197 Å². The van der Waals surface area contributed by atoms with Crippen LogP contribution in [0.2, 0.25) is 0 Å². The highest BCUT2D eigenvalue weighted by atomic mass is 32.1. The molecule has 0 spiro atoms. The number of nitrogens with zero attached hydrogens (tertiary/aromatic N) is 6. The fraction of sp³-hybridized carbons (Fsp3) is 0.312. The molecule has 5 heterocycles. The fourth-order valence-corrected chi connectivity index (χ4v) is 9.81. The van der Waals surface area contributed by atoms with E-state index in [4.69, 9.17) is 4.84 Å². The molecule has 0 radical (unpaired) electrons. The molecule has 4 aromatic carbocycles. The number of aromatic hydroxyl groups is 1. The molecule has 0 bridgehead atoms. The summed E-state index contributed by atoms with van der Waals surface area (Å²) in [6.07, 6.45) is 1.65. The lowest BCUT2D eigenvalue weighted by Crippen LogP contribution is -2.54. The van der Waals surface area contributed by atoms with Crippen LogP contribution in [0.15, 0.2) is 90.4 Å². The minimum absolute atomic E-state index is 0.0299. The molecule has 2 saturated heterocycles. The van der Waals surface area contributed by atoms with Crippen molar-refractivity contribution in [2.75, 3.05) is 62.0 Å². The molecule has 346 valence electrons. The van der Waals surface area contributed by atoms with Crippen LogP contribution in [0, 0.1) is 5.82 Å². The zero-order chi connectivity index (χ0) is 47.1. The van der Waals surface area contributed by atoms with E-state index in [0.29, 0.717) is 28.5 Å². The van der Waals surface area contributed by atoms with E-state index in [1.165, 1.54) is 28.5 Å². The summed E-state index contributed by atoms with van der Waals surface area (Å²) in [4.78, 5) is 96.1. The van der Waals surface area contributed by atoms with E-state index >= 15 is 0 Å². The average Bonchev–Trinajstić information content (AvgIpc) is 4.00. The van der Waals surface area contributed by atoms with Crippen molar-refractivity contribution in [3.8, 4) is 16.9 Å². The van der Waals surface area contributed by atoms with Crippen molar-refractivity contribution in [1.29, 1.82) is 0 Å². The van der Waals surface area contributed by atoms with Crippen molar-refractivity contribution < 1.29 is 43.1 Å². The average molecular weight is 930 g/mol. The van der Waals surface area contributed by atoms with E-state index in [1.54, 1.807) is 41.8 Å². The van der Waals surface area contributed by atoms with Crippen LogP contribution >= 0.6 is 11.3 Å². The summed E-state index contributed by atoms with van der Waals surface area (Å²) in [5, 5.41) is 22.5. The van der Waals surface area contributed by atoms with Gasteiger partial charge in [-0.3, -0.25) is 54.0 Å². The summed E-state index contributed by atoms with van der Waals surface area (Å²) in [6.45, 7) is 8.11. The van der Waals surface area contributed by atoms with Gasteiger partial charge in [0.25, 0.3) is 23.6 Å².